The van der Waals surface area contributed by atoms with Gasteiger partial charge in [-0.25, -0.2) is 4.39 Å². The fourth-order valence-electron chi connectivity index (χ4n) is 5.50. The third-order valence-electron chi connectivity index (χ3n) is 7.76. The number of nitrogens with zero attached hydrogens (tertiary/aromatic N) is 2. The first-order valence-electron chi connectivity index (χ1n) is 14.2. The van der Waals surface area contributed by atoms with Crippen molar-refractivity contribution in [3.05, 3.63) is 48.3 Å². The van der Waals surface area contributed by atoms with Gasteiger partial charge >= 0.3 is 5.97 Å². The van der Waals surface area contributed by atoms with Crippen LogP contribution in [-0.2, 0) is 14.4 Å². The number of halogens is 1. The number of rotatable bonds is 12. The van der Waals surface area contributed by atoms with Crippen LogP contribution < -0.4 is 15.4 Å². The molecule has 2 fully saturated rings. The van der Waals surface area contributed by atoms with Gasteiger partial charge in [-0.1, -0.05) is 12.1 Å². The van der Waals surface area contributed by atoms with Gasteiger partial charge in [-0.15, -0.1) is 0 Å². The normalized spacial score (nSPS) is 18.6. The van der Waals surface area contributed by atoms with E-state index in [0.29, 0.717) is 43.2 Å². The molecule has 0 radical (unpaired) electrons. The Kier molecular flexibility index (Phi) is 10.9. The molecule has 2 atom stereocenters. The lowest BCUT2D eigenvalue weighted by Gasteiger charge is -2.33. The van der Waals surface area contributed by atoms with Crippen molar-refractivity contribution in [1.29, 1.82) is 0 Å². The number of aromatic nitrogens is 1. The number of nitrogens with one attached hydrogen (secondary N) is 2. The molecule has 2 amide bonds. The summed E-state index contributed by atoms with van der Waals surface area (Å²) in [6.07, 6.45) is 7.90. The van der Waals surface area contributed by atoms with Gasteiger partial charge in [0.05, 0.1) is 18.4 Å². The highest BCUT2D eigenvalue weighted by atomic mass is 18.2. The Morgan fingerprint density at radius 3 is 2.62 bits per heavy atom. The molecular formula is C30H39FN4O5. The van der Waals surface area contributed by atoms with E-state index in [1.807, 2.05) is 18.2 Å². The number of aliphatic carboxylic acids is 1. The standard InChI is InChI=1S/C30H39FN4O5/c31-11-15-40-26-6-4-22(5-7-26)24-16-25(19-33-18-24)27(17-29(37)38)34-30(39)23-2-1-14-35(20-23)28(36)8-3-21-9-12-32-13-10-21/h4-7,16,18-19,21,23,27,32H,1-3,8-15,17,20H2,(H,34,39)(H,37,38)/t23-,27-/m1/s1/i31-1. The zero-order chi connectivity index (χ0) is 28.3. The molecule has 0 aliphatic carbocycles. The summed E-state index contributed by atoms with van der Waals surface area (Å²) in [5.41, 5.74) is 2.16. The SMILES string of the molecule is O=C(O)C[C@@H](NC(=O)[C@@H]1CCCN(C(=O)CCC2CCNCC2)C1)c1cncc(-c2ccc(OCC[18F])cc2)c1. The number of carbonyl (C=O) groups excluding carboxylic acids is 2. The van der Waals surface area contributed by atoms with Crippen molar-refractivity contribution in [2.75, 3.05) is 39.5 Å². The Morgan fingerprint density at radius 2 is 1.90 bits per heavy atom. The quantitative estimate of drug-likeness (QED) is 0.366. The predicted octanol–water partition coefficient (Wildman–Crippen LogP) is 3.75. The van der Waals surface area contributed by atoms with E-state index in [1.165, 1.54) is 0 Å². The lowest BCUT2D eigenvalue weighted by molar-refractivity contribution is -0.138. The van der Waals surface area contributed by atoms with Gasteiger partial charge in [0.15, 0.2) is 0 Å². The molecule has 2 aliphatic rings. The number of alkyl halides is 1. The van der Waals surface area contributed by atoms with E-state index in [1.54, 1.807) is 29.4 Å². The van der Waals surface area contributed by atoms with Crippen molar-refractivity contribution in [2.45, 2.75) is 51.0 Å². The molecule has 216 valence electrons. The molecule has 1 aromatic carbocycles. The van der Waals surface area contributed by atoms with Crippen molar-refractivity contribution in [3.63, 3.8) is 0 Å². The lowest BCUT2D eigenvalue weighted by Crippen LogP contribution is -2.46. The second-order valence-electron chi connectivity index (χ2n) is 10.6. The van der Waals surface area contributed by atoms with E-state index in [2.05, 4.69) is 15.6 Å². The number of carboxylic acids is 1. The first-order valence-corrected chi connectivity index (χ1v) is 14.2. The molecule has 9 nitrogen and oxygen atoms in total. The van der Waals surface area contributed by atoms with Crippen LogP contribution >= 0.6 is 0 Å². The van der Waals surface area contributed by atoms with Gasteiger partial charge in [0.2, 0.25) is 11.8 Å². The minimum atomic E-state index is -1.04. The molecule has 0 saturated carbocycles. The third-order valence-corrected chi connectivity index (χ3v) is 7.76. The average Bonchev–Trinajstić information content (AvgIpc) is 2.99. The van der Waals surface area contributed by atoms with Gasteiger partial charge in [0.25, 0.3) is 0 Å². The molecule has 40 heavy (non-hydrogen) atoms. The van der Waals surface area contributed by atoms with Crippen molar-refractivity contribution in [3.8, 4) is 16.9 Å². The molecule has 10 heteroatoms. The minimum absolute atomic E-state index is 0.0156. The van der Waals surface area contributed by atoms with Crippen LogP contribution in [-0.4, -0.2) is 72.2 Å². The average molecular weight is 554 g/mol. The highest BCUT2D eigenvalue weighted by molar-refractivity contribution is 5.82. The van der Waals surface area contributed by atoms with Crippen LogP contribution in [0.5, 0.6) is 5.75 Å². The summed E-state index contributed by atoms with van der Waals surface area (Å²) in [4.78, 5) is 44.0. The zero-order valence-electron chi connectivity index (χ0n) is 22.8. The summed E-state index contributed by atoms with van der Waals surface area (Å²) in [5.74, 6) is -0.460. The molecule has 0 bridgehead atoms. The maximum atomic E-state index is 13.3. The molecule has 3 N–H and O–H groups in total. The molecule has 2 aromatic rings. The maximum absolute atomic E-state index is 13.3. The minimum Gasteiger partial charge on any atom is -0.491 e. The smallest absolute Gasteiger partial charge is 0.305 e. The highest BCUT2D eigenvalue weighted by Gasteiger charge is 2.30. The maximum Gasteiger partial charge on any atom is 0.305 e. The van der Waals surface area contributed by atoms with Gasteiger partial charge in [0.1, 0.15) is 19.0 Å². The molecule has 3 heterocycles. The molecule has 2 saturated heterocycles. The second-order valence-corrected chi connectivity index (χ2v) is 10.6. The number of piperidine rings is 2. The van der Waals surface area contributed by atoms with Gasteiger partial charge in [-0.3, -0.25) is 19.4 Å². The summed E-state index contributed by atoms with van der Waals surface area (Å²) < 4.78 is 17.7. The Labute approximate surface area is 234 Å². The summed E-state index contributed by atoms with van der Waals surface area (Å²) >= 11 is 0. The summed E-state index contributed by atoms with van der Waals surface area (Å²) in [5, 5.41) is 15.8. The molecular weight excluding hydrogens is 514 g/mol. The summed E-state index contributed by atoms with van der Waals surface area (Å²) in [6.45, 7) is 2.42. The number of benzene rings is 1. The van der Waals surface area contributed by atoms with E-state index >= 15 is 0 Å². The van der Waals surface area contributed by atoms with E-state index in [-0.39, 0.29) is 30.8 Å². The van der Waals surface area contributed by atoms with E-state index in [9.17, 15) is 23.9 Å². The van der Waals surface area contributed by atoms with Crippen molar-refractivity contribution in [2.24, 2.45) is 11.8 Å². The predicted molar refractivity (Wildman–Crippen MR) is 148 cm³/mol. The van der Waals surface area contributed by atoms with Gasteiger partial charge in [-0.05, 0) is 80.4 Å². The van der Waals surface area contributed by atoms with Gasteiger partial charge in [0, 0.05) is 37.5 Å². The lowest BCUT2D eigenvalue weighted by atomic mass is 9.92. The Morgan fingerprint density at radius 1 is 1.12 bits per heavy atom. The van der Waals surface area contributed by atoms with Crippen molar-refractivity contribution in [1.82, 2.24) is 20.5 Å². The fraction of sp³-hybridized carbons (Fsp3) is 0.533. The van der Waals surface area contributed by atoms with Crippen LogP contribution in [0.4, 0.5) is 4.39 Å². The largest absolute Gasteiger partial charge is 0.491 e. The highest BCUT2D eigenvalue weighted by Crippen LogP contribution is 2.27. The number of carbonyl (C=O) groups is 3. The van der Waals surface area contributed by atoms with Crippen LogP contribution in [0.15, 0.2) is 42.7 Å². The van der Waals surface area contributed by atoms with Gasteiger partial charge in [-0.2, -0.15) is 0 Å². The number of hydrogen-bond acceptors (Lipinski definition) is 6. The monoisotopic (exact) mass is 553 g/mol. The fourth-order valence-corrected chi connectivity index (χ4v) is 5.50. The second kappa shape index (κ2) is 14.7. The van der Waals surface area contributed by atoms with Crippen LogP contribution in [0, 0.1) is 11.8 Å². The van der Waals surface area contributed by atoms with Gasteiger partial charge < -0.3 is 25.4 Å². The first kappa shape index (κ1) is 29.5. The third kappa shape index (κ3) is 8.48. The number of likely N-dealkylation sites (tertiary alicyclic amines) is 1. The van der Waals surface area contributed by atoms with Crippen LogP contribution in [0.3, 0.4) is 0 Å². The van der Waals surface area contributed by atoms with Crippen LogP contribution in [0.2, 0.25) is 0 Å². The molecule has 0 spiro atoms. The molecule has 2 aliphatic heterocycles. The zero-order valence-corrected chi connectivity index (χ0v) is 22.8. The number of carboxylic acid groups (broad SMARTS) is 1. The molecule has 4 rings (SSSR count). The number of ether oxygens (including phenoxy) is 1. The van der Waals surface area contributed by atoms with E-state index in [0.717, 1.165) is 49.9 Å². The summed E-state index contributed by atoms with van der Waals surface area (Å²) in [6, 6.07) is 8.15. The Bertz CT molecular complexity index is 1140. The molecule has 1 aromatic heterocycles. The summed E-state index contributed by atoms with van der Waals surface area (Å²) in [7, 11) is 0. The topological polar surface area (TPSA) is 121 Å². The number of amides is 2. The van der Waals surface area contributed by atoms with Crippen molar-refractivity contribution >= 4 is 17.8 Å². The Hall–Kier alpha value is -3.53. The van der Waals surface area contributed by atoms with Crippen LogP contribution in [0.1, 0.15) is 56.6 Å². The first-order chi connectivity index (χ1) is 19.4. The number of pyridine rings is 1. The van der Waals surface area contributed by atoms with Crippen molar-refractivity contribution < 1.29 is 28.6 Å². The Balaban J connectivity index is 1.38. The number of hydrogen-bond donors (Lipinski definition) is 3. The van der Waals surface area contributed by atoms with Crippen LogP contribution in [0.25, 0.3) is 11.1 Å². The van der Waals surface area contributed by atoms with E-state index in [4.69, 9.17) is 4.74 Å². The van der Waals surface area contributed by atoms with E-state index < -0.39 is 18.7 Å². The molecule has 0 unspecified atom stereocenters.